The monoisotopic (exact) mass is 261 g/mol. The van der Waals surface area contributed by atoms with Crippen LogP contribution < -0.4 is 5.73 Å². The van der Waals surface area contributed by atoms with Crippen molar-refractivity contribution in [1.82, 2.24) is 9.80 Å². The predicted molar refractivity (Wildman–Crippen MR) is 77.8 cm³/mol. The van der Waals surface area contributed by atoms with E-state index >= 15 is 0 Å². The fraction of sp³-hybridized carbons (Fsp3) is 0.533. The lowest BCUT2D eigenvalue weighted by Crippen LogP contribution is -2.32. The highest BCUT2D eigenvalue weighted by Crippen LogP contribution is 2.24. The van der Waals surface area contributed by atoms with Crippen molar-refractivity contribution in [1.29, 1.82) is 0 Å². The zero-order chi connectivity index (χ0) is 13.8. The maximum Gasteiger partial charge on any atom is 0.222 e. The van der Waals surface area contributed by atoms with Crippen LogP contribution in [-0.4, -0.2) is 42.9 Å². The van der Waals surface area contributed by atoms with Gasteiger partial charge >= 0.3 is 0 Å². The minimum atomic E-state index is 0.205. The number of hydrogen-bond acceptors (Lipinski definition) is 3. The molecule has 0 saturated heterocycles. The van der Waals surface area contributed by atoms with E-state index in [1.807, 2.05) is 12.1 Å². The van der Waals surface area contributed by atoms with Gasteiger partial charge in [0, 0.05) is 39.3 Å². The van der Waals surface area contributed by atoms with Crippen LogP contribution in [0.4, 0.5) is 5.69 Å². The van der Waals surface area contributed by atoms with Gasteiger partial charge in [-0.05, 0) is 36.6 Å². The van der Waals surface area contributed by atoms with Crippen LogP contribution >= 0.6 is 0 Å². The number of carbonyl (C=O) groups excluding carboxylic acids is 1. The van der Waals surface area contributed by atoms with E-state index in [0.29, 0.717) is 6.42 Å². The molecular weight excluding hydrogens is 238 g/mol. The number of benzene rings is 1. The third kappa shape index (κ3) is 3.47. The third-order valence-corrected chi connectivity index (χ3v) is 3.75. The summed E-state index contributed by atoms with van der Waals surface area (Å²) in [4.78, 5) is 15.6. The quantitative estimate of drug-likeness (QED) is 0.836. The topological polar surface area (TPSA) is 49.6 Å². The molecule has 4 heteroatoms. The molecule has 2 rings (SSSR count). The summed E-state index contributed by atoms with van der Waals surface area (Å²) in [5, 5.41) is 0. The maximum atomic E-state index is 11.5. The summed E-state index contributed by atoms with van der Waals surface area (Å²) in [5.41, 5.74) is 9.57. The van der Waals surface area contributed by atoms with E-state index in [4.69, 9.17) is 5.73 Å². The number of nitrogens with zero attached hydrogens (tertiary/aromatic N) is 2. The standard InChI is InChI=1S/C15H23N3O/c1-17(2)15(19)7-4-9-18-10-8-12-5-3-6-14(16)13(12)11-18/h3,5-6H,4,7-11,16H2,1-2H3. The third-order valence-electron chi connectivity index (χ3n) is 3.75. The molecule has 0 saturated carbocycles. The Hall–Kier alpha value is -1.55. The maximum absolute atomic E-state index is 11.5. The minimum absolute atomic E-state index is 0.205. The Balaban J connectivity index is 1.85. The Kier molecular flexibility index (Phi) is 4.43. The lowest BCUT2D eigenvalue weighted by molar-refractivity contribution is -0.128. The summed E-state index contributed by atoms with van der Waals surface area (Å²) < 4.78 is 0. The van der Waals surface area contributed by atoms with E-state index in [1.54, 1.807) is 19.0 Å². The van der Waals surface area contributed by atoms with Gasteiger partial charge in [-0.2, -0.15) is 0 Å². The fourth-order valence-corrected chi connectivity index (χ4v) is 2.53. The van der Waals surface area contributed by atoms with Gasteiger partial charge in [-0.25, -0.2) is 0 Å². The Morgan fingerprint density at radius 2 is 2.21 bits per heavy atom. The number of carbonyl (C=O) groups is 1. The fourth-order valence-electron chi connectivity index (χ4n) is 2.53. The summed E-state index contributed by atoms with van der Waals surface area (Å²) in [6.07, 6.45) is 2.60. The number of rotatable bonds is 4. The van der Waals surface area contributed by atoms with E-state index in [1.165, 1.54) is 11.1 Å². The number of amides is 1. The SMILES string of the molecule is CN(C)C(=O)CCCN1CCc2cccc(N)c2C1. The van der Waals surface area contributed by atoms with Crippen LogP contribution in [0.15, 0.2) is 18.2 Å². The second kappa shape index (κ2) is 6.06. The van der Waals surface area contributed by atoms with E-state index in [-0.39, 0.29) is 5.91 Å². The molecule has 0 aliphatic carbocycles. The second-order valence-electron chi connectivity index (χ2n) is 5.40. The van der Waals surface area contributed by atoms with Gasteiger partial charge in [0.2, 0.25) is 5.91 Å². The first kappa shape index (κ1) is 13.9. The number of nitrogen functional groups attached to an aromatic ring is 1. The van der Waals surface area contributed by atoms with Crippen LogP contribution in [0.5, 0.6) is 0 Å². The molecule has 0 radical (unpaired) electrons. The van der Waals surface area contributed by atoms with Crippen molar-refractivity contribution in [2.24, 2.45) is 0 Å². The van der Waals surface area contributed by atoms with Crippen LogP contribution in [0.2, 0.25) is 0 Å². The lowest BCUT2D eigenvalue weighted by Gasteiger charge is -2.29. The van der Waals surface area contributed by atoms with Gasteiger partial charge in [-0.1, -0.05) is 12.1 Å². The van der Waals surface area contributed by atoms with Gasteiger partial charge in [0.1, 0.15) is 0 Å². The molecule has 0 bridgehead atoms. The first-order valence-corrected chi connectivity index (χ1v) is 6.86. The smallest absolute Gasteiger partial charge is 0.222 e. The van der Waals surface area contributed by atoms with Crippen LogP contribution in [0.1, 0.15) is 24.0 Å². The van der Waals surface area contributed by atoms with E-state index in [0.717, 1.165) is 38.2 Å². The highest BCUT2D eigenvalue weighted by atomic mass is 16.2. The van der Waals surface area contributed by atoms with Crippen molar-refractivity contribution in [2.45, 2.75) is 25.8 Å². The zero-order valence-electron chi connectivity index (χ0n) is 11.9. The van der Waals surface area contributed by atoms with Gasteiger partial charge in [0.15, 0.2) is 0 Å². The normalized spacial score (nSPS) is 15.1. The van der Waals surface area contributed by atoms with Gasteiger partial charge in [-0.15, -0.1) is 0 Å². The van der Waals surface area contributed by atoms with E-state index in [2.05, 4.69) is 11.0 Å². The molecule has 0 aromatic heterocycles. The molecule has 1 aliphatic rings. The van der Waals surface area contributed by atoms with Gasteiger partial charge < -0.3 is 10.6 Å². The highest BCUT2D eigenvalue weighted by molar-refractivity contribution is 5.75. The van der Waals surface area contributed by atoms with E-state index < -0.39 is 0 Å². The Bertz CT molecular complexity index is 457. The van der Waals surface area contributed by atoms with Gasteiger partial charge in [0.25, 0.3) is 0 Å². The summed E-state index contributed by atoms with van der Waals surface area (Å²) in [5.74, 6) is 0.205. The van der Waals surface area contributed by atoms with Crippen LogP contribution in [0, 0.1) is 0 Å². The largest absolute Gasteiger partial charge is 0.398 e. The molecule has 104 valence electrons. The average Bonchev–Trinajstić information content (AvgIpc) is 2.39. The van der Waals surface area contributed by atoms with Gasteiger partial charge in [0.05, 0.1) is 0 Å². The molecule has 0 fully saturated rings. The molecule has 0 atom stereocenters. The van der Waals surface area contributed by atoms with Crippen LogP contribution in [0.3, 0.4) is 0 Å². The second-order valence-corrected chi connectivity index (χ2v) is 5.40. The molecule has 1 amide bonds. The van der Waals surface area contributed by atoms with Crippen molar-refractivity contribution in [3.63, 3.8) is 0 Å². The van der Waals surface area contributed by atoms with Crippen molar-refractivity contribution in [2.75, 3.05) is 32.9 Å². The number of nitrogens with two attached hydrogens (primary N) is 1. The molecule has 2 N–H and O–H groups in total. The van der Waals surface area contributed by atoms with Crippen LogP contribution in [-0.2, 0) is 17.8 Å². The minimum Gasteiger partial charge on any atom is -0.398 e. The highest BCUT2D eigenvalue weighted by Gasteiger charge is 2.17. The molecule has 0 unspecified atom stereocenters. The summed E-state index contributed by atoms with van der Waals surface area (Å²) in [7, 11) is 3.61. The van der Waals surface area contributed by atoms with E-state index in [9.17, 15) is 4.79 Å². The number of hydrogen-bond donors (Lipinski definition) is 1. The van der Waals surface area contributed by atoms with Gasteiger partial charge in [-0.3, -0.25) is 9.69 Å². The zero-order valence-corrected chi connectivity index (χ0v) is 11.9. The molecule has 4 nitrogen and oxygen atoms in total. The molecule has 1 heterocycles. The average molecular weight is 261 g/mol. The molecular formula is C15H23N3O. The van der Waals surface area contributed by atoms with Crippen molar-refractivity contribution in [3.8, 4) is 0 Å². The summed E-state index contributed by atoms with van der Waals surface area (Å²) in [6, 6.07) is 6.16. The molecule has 19 heavy (non-hydrogen) atoms. The molecule has 1 aromatic carbocycles. The Morgan fingerprint density at radius 3 is 2.95 bits per heavy atom. The van der Waals surface area contributed by atoms with Crippen molar-refractivity contribution >= 4 is 11.6 Å². The van der Waals surface area contributed by atoms with Crippen LogP contribution in [0.25, 0.3) is 0 Å². The predicted octanol–water partition coefficient (Wildman–Crippen LogP) is 1.50. The molecule has 1 aliphatic heterocycles. The Labute approximate surface area is 115 Å². The number of fused-ring (bicyclic) bond motifs is 1. The Morgan fingerprint density at radius 1 is 1.42 bits per heavy atom. The lowest BCUT2D eigenvalue weighted by atomic mass is 9.98. The van der Waals surface area contributed by atoms with Crippen molar-refractivity contribution in [3.05, 3.63) is 29.3 Å². The number of anilines is 1. The molecule has 0 spiro atoms. The summed E-state index contributed by atoms with van der Waals surface area (Å²) in [6.45, 7) is 2.94. The first-order chi connectivity index (χ1) is 9.08. The van der Waals surface area contributed by atoms with Crippen molar-refractivity contribution < 1.29 is 4.79 Å². The first-order valence-electron chi connectivity index (χ1n) is 6.86. The summed E-state index contributed by atoms with van der Waals surface area (Å²) >= 11 is 0. The molecule has 1 aromatic rings.